The number of carbonyl (C=O) groups excluding carboxylic acids is 1. The van der Waals surface area contributed by atoms with Gasteiger partial charge in [-0.25, -0.2) is 0 Å². The second-order valence-corrected chi connectivity index (χ2v) is 4.64. The molecule has 21 heavy (non-hydrogen) atoms. The predicted molar refractivity (Wildman–Crippen MR) is 67.6 cm³/mol. The first-order chi connectivity index (χ1) is 9.54. The van der Waals surface area contributed by atoms with E-state index in [1.807, 2.05) is 0 Å². The van der Waals surface area contributed by atoms with E-state index < -0.39 is 30.2 Å². The van der Waals surface area contributed by atoms with Crippen molar-refractivity contribution in [2.45, 2.75) is 18.9 Å². The number of carbonyl (C=O) groups is 1. The minimum atomic E-state index is -4.88. The van der Waals surface area contributed by atoms with E-state index >= 15 is 0 Å². The highest BCUT2D eigenvalue weighted by Crippen LogP contribution is 2.28. The second-order valence-electron chi connectivity index (χ2n) is 4.64. The lowest BCUT2D eigenvalue weighted by molar-refractivity contribution is -0.274. The lowest BCUT2D eigenvalue weighted by Gasteiger charge is -2.20. The van der Waals surface area contributed by atoms with Gasteiger partial charge in [-0.1, -0.05) is 0 Å². The number of anilines is 1. The summed E-state index contributed by atoms with van der Waals surface area (Å²) in [7, 11) is 0. The molecule has 0 aliphatic rings. The Kier molecular flexibility index (Phi) is 5.02. The van der Waals surface area contributed by atoms with Gasteiger partial charge in [-0.05, 0) is 25.1 Å². The van der Waals surface area contributed by atoms with E-state index in [0.29, 0.717) is 0 Å². The summed E-state index contributed by atoms with van der Waals surface area (Å²) in [5.74, 6) is -1.27. The molecule has 1 amide bonds. The van der Waals surface area contributed by atoms with Crippen molar-refractivity contribution in [3.8, 4) is 5.75 Å². The molecule has 1 aromatic rings. The normalized spacial score (nSPS) is 14.4. The van der Waals surface area contributed by atoms with Crippen molar-refractivity contribution >= 4 is 11.6 Å². The van der Waals surface area contributed by atoms with Crippen LogP contribution in [0.4, 0.5) is 18.9 Å². The average Bonchev–Trinajstić information content (AvgIpc) is 2.37. The van der Waals surface area contributed by atoms with Crippen molar-refractivity contribution in [2.75, 3.05) is 18.9 Å². The predicted octanol–water partition coefficient (Wildman–Crippen LogP) is 0.641. The third-order valence-electron chi connectivity index (χ3n) is 2.47. The van der Waals surface area contributed by atoms with Crippen LogP contribution in [0.25, 0.3) is 0 Å². The van der Waals surface area contributed by atoms with Crippen molar-refractivity contribution in [3.63, 3.8) is 0 Å². The van der Waals surface area contributed by atoms with Gasteiger partial charge >= 0.3 is 6.36 Å². The largest absolute Gasteiger partial charge is 0.573 e. The Balaban J connectivity index is 2.77. The summed E-state index contributed by atoms with van der Waals surface area (Å²) in [4.78, 5) is 11.7. The lowest BCUT2D eigenvalue weighted by Crippen LogP contribution is -2.43. The summed E-state index contributed by atoms with van der Waals surface area (Å²) in [5, 5.41) is 20.7. The quantitative estimate of drug-likeness (QED) is 0.598. The Bertz CT molecular complexity index is 518. The van der Waals surface area contributed by atoms with Gasteiger partial charge in [0.05, 0.1) is 12.3 Å². The van der Waals surface area contributed by atoms with Gasteiger partial charge in [0.15, 0.2) is 5.75 Å². The molecule has 0 aliphatic carbocycles. The number of aliphatic hydroxyl groups excluding tert-OH is 1. The van der Waals surface area contributed by atoms with Gasteiger partial charge in [0, 0.05) is 12.1 Å². The first-order valence-electron chi connectivity index (χ1n) is 5.81. The summed E-state index contributed by atoms with van der Waals surface area (Å²) in [6.45, 7) is 0.513. The number of nitrogens with one attached hydrogen (secondary N) is 1. The number of alkyl halides is 3. The molecule has 1 unspecified atom stereocenters. The van der Waals surface area contributed by atoms with Gasteiger partial charge in [-0.3, -0.25) is 4.79 Å². The standard InChI is InChI=1S/C12H15F3N2O4/c1-11(20,6-18)5-17-10(19)7-2-3-9(8(16)4-7)21-12(13,14)15/h2-4,18,20H,5-6,16H2,1H3,(H,17,19). The molecule has 0 heterocycles. The number of hydrogen-bond donors (Lipinski definition) is 4. The van der Waals surface area contributed by atoms with Crippen molar-refractivity contribution in [3.05, 3.63) is 23.8 Å². The van der Waals surface area contributed by atoms with E-state index in [2.05, 4.69) is 10.1 Å². The number of ether oxygens (including phenoxy) is 1. The molecule has 0 aromatic heterocycles. The van der Waals surface area contributed by atoms with E-state index in [1.54, 1.807) is 0 Å². The fourth-order valence-electron chi connectivity index (χ4n) is 1.34. The Morgan fingerprint density at radius 3 is 2.52 bits per heavy atom. The maximum atomic E-state index is 12.1. The minimum absolute atomic E-state index is 0.00392. The molecule has 0 fully saturated rings. The highest BCUT2D eigenvalue weighted by atomic mass is 19.4. The first-order valence-corrected chi connectivity index (χ1v) is 5.81. The average molecular weight is 308 g/mol. The number of halogens is 3. The molecule has 9 heteroatoms. The summed E-state index contributed by atoms with van der Waals surface area (Å²) >= 11 is 0. The van der Waals surface area contributed by atoms with Crippen LogP contribution in [0.1, 0.15) is 17.3 Å². The van der Waals surface area contributed by atoms with Crippen LogP contribution in [0.2, 0.25) is 0 Å². The molecule has 1 atom stereocenters. The Hall–Kier alpha value is -2.00. The van der Waals surface area contributed by atoms with Gasteiger partial charge in [-0.15, -0.1) is 13.2 Å². The molecular formula is C12H15F3N2O4. The Morgan fingerprint density at radius 2 is 2.05 bits per heavy atom. The second kappa shape index (κ2) is 6.19. The van der Waals surface area contributed by atoms with Crippen LogP contribution in [0.15, 0.2) is 18.2 Å². The summed E-state index contributed by atoms with van der Waals surface area (Å²) in [6.07, 6.45) is -4.88. The summed E-state index contributed by atoms with van der Waals surface area (Å²) in [5.41, 5.74) is 3.52. The maximum Gasteiger partial charge on any atom is 0.573 e. The zero-order chi connectivity index (χ0) is 16.3. The fraction of sp³-hybridized carbons (Fsp3) is 0.417. The number of nitrogen functional groups attached to an aromatic ring is 1. The molecule has 0 spiro atoms. The summed E-state index contributed by atoms with van der Waals surface area (Å²) < 4.78 is 39.9. The topological polar surface area (TPSA) is 105 Å². The van der Waals surface area contributed by atoms with Crippen LogP contribution in [-0.4, -0.2) is 41.2 Å². The summed E-state index contributed by atoms with van der Waals surface area (Å²) in [6, 6.07) is 3.03. The molecule has 0 saturated heterocycles. The number of hydrogen-bond acceptors (Lipinski definition) is 5. The fourth-order valence-corrected chi connectivity index (χ4v) is 1.34. The van der Waals surface area contributed by atoms with Crippen LogP contribution < -0.4 is 15.8 Å². The highest BCUT2D eigenvalue weighted by molar-refractivity contribution is 5.95. The molecule has 0 saturated carbocycles. The third-order valence-corrected chi connectivity index (χ3v) is 2.47. The zero-order valence-electron chi connectivity index (χ0n) is 11.1. The lowest BCUT2D eigenvalue weighted by atomic mass is 10.1. The van der Waals surface area contributed by atoms with Gasteiger partial charge in [0.1, 0.15) is 5.60 Å². The van der Waals surface area contributed by atoms with E-state index in [-0.39, 0.29) is 17.8 Å². The molecule has 5 N–H and O–H groups in total. The van der Waals surface area contributed by atoms with Crippen molar-refractivity contribution in [1.82, 2.24) is 5.32 Å². The monoisotopic (exact) mass is 308 g/mol. The smallest absolute Gasteiger partial charge is 0.404 e. The SMILES string of the molecule is CC(O)(CO)CNC(=O)c1ccc(OC(F)(F)F)c(N)c1. The Labute approximate surface area is 118 Å². The highest BCUT2D eigenvalue weighted by Gasteiger charge is 2.32. The molecule has 1 aromatic carbocycles. The van der Waals surface area contributed by atoms with Crippen LogP contribution in [0, 0.1) is 0 Å². The van der Waals surface area contributed by atoms with E-state index in [9.17, 15) is 23.1 Å². The van der Waals surface area contributed by atoms with Gasteiger partial charge < -0.3 is 26.0 Å². The van der Waals surface area contributed by atoms with E-state index in [0.717, 1.165) is 18.2 Å². The van der Waals surface area contributed by atoms with Crippen LogP contribution in [0.3, 0.4) is 0 Å². The molecule has 0 bridgehead atoms. The maximum absolute atomic E-state index is 12.1. The Morgan fingerprint density at radius 1 is 1.43 bits per heavy atom. The molecule has 6 nitrogen and oxygen atoms in total. The van der Waals surface area contributed by atoms with Gasteiger partial charge in [-0.2, -0.15) is 0 Å². The number of aliphatic hydroxyl groups is 2. The van der Waals surface area contributed by atoms with Crippen LogP contribution in [0.5, 0.6) is 5.75 Å². The van der Waals surface area contributed by atoms with Crippen LogP contribution >= 0.6 is 0 Å². The third kappa shape index (κ3) is 5.48. The molecule has 1 rings (SSSR count). The van der Waals surface area contributed by atoms with Crippen molar-refractivity contribution < 1.29 is 32.9 Å². The van der Waals surface area contributed by atoms with Crippen molar-refractivity contribution in [2.24, 2.45) is 0 Å². The van der Waals surface area contributed by atoms with E-state index in [1.165, 1.54) is 6.92 Å². The minimum Gasteiger partial charge on any atom is -0.404 e. The van der Waals surface area contributed by atoms with E-state index in [4.69, 9.17) is 10.8 Å². The van der Waals surface area contributed by atoms with Gasteiger partial charge in [0.2, 0.25) is 0 Å². The molecule has 0 radical (unpaired) electrons. The number of amides is 1. The molecular weight excluding hydrogens is 293 g/mol. The zero-order valence-corrected chi connectivity index (χ0v) is 11.1. The molecule has 0 aliphatic heterocycles. The number of rotatable bonds is 5. The molecule has 118 valence electrons. The van der Waals surface area contributed by atoms with Crippen molar-refractivity contribution in [1.29, 1.82) is 0 Å². The number of benzene rings is 1. The van der Waals surface area contributed by atoms with Crippen LogP contribution in [-0.2, 0) is 0 Å². The van der Waals surface area contributed by atoms with Gasteiger partial charge in [0.25, 0.3) is 5.91 Å². The number of nitrogens with two attached hydrogens (primary N) is 1. The first kappa shape index (κ1) is 17.1.